The highest BCUT2D eigenvalue weighted by Crippen LogP contribution is 2.48. The van der Waals surface area contributed by atoms with Gasteiger partial charge in [0.15, 0.2) is 0 Å². The van der Waals surface area contributed by atoms with Gasteiger partial charge in [-0.3, -0.25) is 4.79 Å². The number of halogens is 3. The molecule has 1 aliphatic carbocycles. The number of hydrogen-bond donors (Lipinski definition) is 1. The molecule has 2 aromatic rings. The summed E-state index contributed by atoms with van der Waals surface area (Å²) in [6, 6.07) is 0. The number of hydrogen-bond acceptors (Lipinski definition) is 4. The minimum absolute atomic E-state index is 0.211. The van der Waals surface area contributed by atoms with Gasteiger partial charge in [-0.25, -0.2) is 9.50 Å². The Labute approximate surface area is 103 Å². The highest BCUT2D eigenvalue weighted by molar-refractivity contribution is 5.84. The van der Waals surface area contributed by atoms with Crippen LogP contribution in [0.5, 0.6) is 0 Å². The molecule has 0 spiro atoms. The number of aliphatic carboxylic acids is 1. The van der Waals surface area contributed by atoms with Crippen molar-refractivity contribution in [2.24, 2.45) is 0 Å². The smallest absolute Gasteiger partial charge is 0.453 e. The Bertz CT molecular complexity index is 675. The summed E-state index contributed by atoms with van der Waals surface area (Å²) in [5, 5.41) is 12.4. The summed E-state index contributed by atoms with van der Waals surface area (Å²) >= 11 is 0. The topological polar surface area (TPSA) is 80.4 Å². The molecule has 1 N–H and O–H groups in total. The first-order valence-corrected chi connectivity index (χ1v) is 5.36. The van der Waals surface area contributed by atoms with E-state index in [2.05, 4.69) is 15.1 Å². The molecule has 6 nitrogen and oxygen atoms in total. The van der Waals surface area contributed by atoms with Crippen LogP contribution in [0.25, 0.3) is 5.78 Å². The van der Waals surface area contributed by atoms with Gasteiger partial charge in [-0.1, -0.05) is 0 Å². The zero-order valence-corrected chi connectivity index (χ0v) is 9.35. The molecule has 0 amide bonds. The van der Waals surface area contributed by atoms with E-state index in [1.165, 1.54) is 12.4 Å². The Morgan fingerprint density at radius 3 is 2.63 bits per heavy atom. The summed E-state index contributed by atoms with van der Waals surface area (Å²) in [6.45, 7) is 0. The van der Waals surface area contributed by atoms with E-state index in [4.69, 9.17) is 5.11 Å². The molecular weight excluding hydrogens is 265 g/mol. The van der Waals surface area contributed by atoms with Crippen LogP contribution in [-0.2, 0) is 16.4 Å². The quantitative estimate of drug-likeness (QED) is 0.890. The molecule has 9 heteroatoms. The Kier molecular flexibility index (Phi) is 2.14. The van der Waals surface area contributed by atoms with Crippen LogP contribution in [-0.4, -0.2) is 30.7 Å². The standard InChI is InChI=1S/C10H7F3N4O2/c11-10(12,13)6-15-8-14-3-5(4-17(8)16-6)9(1-2-9)7(18)19/h3-4H,1-2H2,(H,18,19). The minimum Gasteiger partial charge on any atom is -0.481 e. The van der Waals surface area contributed by atoms with Crippen molar-refractivity contribution in [1.29, 1.82) is 0 Å². The van der Waals surface area contributed by atoms with Crippen LogP contribution in [0.4, 0.5) is 13.2 Å². The number of fused-ring (bicyclic) bond motifs is 1. The van der Waals surface area contributed by atoms with Gasteiger partial charge in [0, 0.05) is 18.0 Å². The molecular formula is C10H7F3N4O2. The maximum Gasteiger partial charge on any atom is 0.453 e. The van der Waals surface area contributed by atoms with Crippen LogP contribution < -0.4 is 0 Å². The molecule has 2 heterocycles. The van der Waals surface area contributed by atoms with Crippen molar-refractivity contribution in [3.8, 4) is 0 Å². The van der Waals surface area contributed by atoms with Crippen molar-refractivity contribution in [1.82, 2.24) is 19.6 Å². The number of carboxylic acids is 1. The van der Waals surface area contributed by atoms with E-state index in [0.717, 1.165) is 4.52 Å². The second-order valence-corrected chi connectivity index (χ2v) is 4.41. The highest BCUT2D eigenvalue weighted by atomic mass is 19.4. The minimum atomic E-state index is -4.65. The molecule has 2 aromatic heterocycles. The average molecular weight is 272 g/mol. The lowest BCUT2D eigenvalue weighted by Crippen LogP contribution is -2.20. The maximum atomic E-state index is 12.4. The van der Waals surface area contributed by atoms with Gasteiger partial charge in [0.1, 0.15) is 0 Å². The number of nitrogens with zero attached hydrogens (tertiary/aromatic N) is 4. The van der Waals surface area contributed by atoms with E-state index in [-0.39, 0.29) is 5.78 Å². The van der Waals surface area contributed by atoms with E-state index >= 15 is 0 Å². The molecule has 0 atom stereocenters. The molecule has 0 saturated heterocycles. The zero-order chi connectivity index (χ0) is 13.8. The molecule has 19 heavy (non-hydrogen) atoms. The first-order chi connectivity index (χ1) is 8.83. The molecule has 0 bridgehead atoms. The molecule has 0 aliphatic heterocycles. The van der Waals surface area contributed by atoms with Gasteiger partial charge >= 0.3 is 12.1 Å². The van der Waals surface area contributed by atoms with Crippen molar-refractivity contribution in [3.63, 3.8) is 0 Å². The number of aromatic nitrogens is 4. The van der Waals surface area contributed by atoms with Gasteiger partial charge in [0.25, 0.3) is 11.6 Å². The van der Waals surface area contributed by atoms with Gasteiger partial charge in [-0.15, -0.1) is 5.10 Å². The summed E-state index contributed by atoms with van der Waals surface area (Å²) in [5.74, 6) is -2.51. The van der Waals surface area contributed by atoms with Crippen LogP contribution in [0.15, 0.2) is 12.4 Å². The predicted octanol–water partition coefficient (Wildman–Crippen LogP) is 1.26. The third-order valence-electron chi connectivity index (χ3n) is 3.16. The van der Waals surface area contributed by atoms with Crippen LogP contribution in [0.1, 0.15) is 24.2 Å². The number of carboxylic acid groups (broad SMARTS) is 1. The first-order valence-electron chi connectivity index (χ1n) is 5.36. The second-order valence-electron chi connectivity index (χ2n) is 4.41. The van der Waals surface area contributed by atoms with Crippen molar-refractivity contribution < 1.29 is 23.1 Å². The summed E-state index contributed by atoms with van der Waals surface area (Å²) in [6.07, 6.45) is -1.29. The first kappa shape index (κ1) is 11.9. The van der Waals surface area contributed by atoms with Crippen LogP contribution in [0, 0.1) is 0 Å². The normalized spacial score (nSPS) is 17.6. The van der Waals surface area contributed by atoms with E-state index in [1.807, 2.05) is 0 Å². The van der Waals surface area contributed by atoms with Gasteiger partial charge in [0.05, 0.1) is 5.41 Å². The largest absolute Gasteiger partial charge is 0.481 e. The predicted molar refractivity (Wildman–Crippen MR) is 54.3 cm³/mol. The fourth-order valence-electron chi connectivity index (χ4n) is 1.90. The van der Waals surface area contributed by atoms with Crippen molar-refractivity contribution in [2.75, 3.05) is 0 Å². The average Bonchev–Trinajstić information content (AvgIpc) is 3.01. The van der Waals surface area contributed by atoms with Crippen LogP contribution >= 0.6 is 0 Å². The fourth-order valence-corrected chi connectivity index (χ4v) is 1.90. The number of carbonyl (C=O) groups is 1. The summed E-state index contributed by atoms with van der Waals surface area (Å²) in [7, 11) is 0. The molecule has 0 radical (unpaired) electrons. The van der Waals surface area contributed by atoms with Crippen molar-refractivity contribution in [2.45, 2.75) is 24.4 Å². The third kappa shape index (κ3) is 1.72. The lowest BCUT2D eigenvalue weighted by atomic mass is 10.00. The Hall–Kier alpha value is -2.19. The summed E-state index contributed by atoms with van der Waals surface area (Å²) in [5.41, 5.74) is -0.697. The van der Waals surface area contributed by atoms with Crippen molar-refractivity contribution in [3.05, 3.63) is 23.8 Å². The van der Waals surface area contributed by atoms with Gasteiger partial charge < -0.3 is 5.11 Å². The molecule has 0 unspecified atom stereocenters. The SMILES string of the molecule is O=C(O)C1(c2cnc3nc(C(F)(F)F)nn3c2)CC1. The molecule has 1 saturated carbocycles. The maximum absolute atomic E-state index is 12.4. The van der Waals surface area contributed by atoms with Gasteiger partial charge in [-0.2, -0.15) is 18.2 Å². The molecule has 0 aromatic carbocycles. The third-order valence-corrected chi connectivity index (χ3v) is 3.16. The number of alkyl halides is 3. The van der Waals surface area contributed by atoms with E-state index < -0.39 is 23.4 Å². The molecule has 3 rings (SSSR count). The highest BCUT2D eigenvalue weighted by Gasteiger charge is 2.52. The summed E-state index contributed by atoms with van der Waals surface area (Å²) in [4.78, 5) is 18.1. The van der Waals surface area contributed by atoms with E-state index in [9.17, 15) is 18.0 Å². The van der Waals surface area contributed by atoms with Crippen LogP contribution in [0.2, 0.25) is 0 Å². The zero-order valence-electron chi connectivity index (χ0n) is 9.35. The Balaban J connectivity index is 2.09. The lowest BCUT2D eigenvalue weighted by molar-refractivity contribution is -0.144. The van der Waals surface area contributed by atoms with E-state index in [0.29, 0.717) is 18.4 Å². The van der Waals surface area contributed by atoms with Gasteiger partial charge in [-0.05, 0) is 12.8 Å². The molecule has 1 aliphatic rings. The fraction of sp³-hybridized carbons (Fsp3) is 0.400. The Morgan fingerprint density at radius 1 is 1.42 bits per heavy atom. The van der Waals surface area contributed by atoms with Crippen LogP contribution in [0.3, 0.4) is 0 Å². The van der Waals surface area contributed by atoms with Crippen molar-refractivity contribution >= 4 is 11.7 Å². The molecule has 100 valence electrons. The summed E-state index contributed by atoms with van der Waals surface area (Å²) < 4.78 is 38.2. The van der Waals surface area contributed by atoms with E-state index in [1.54, 1.807) is 0 Å². The monoisotopic (exact) mass is 272 g/mol. The second kappa shape index (κ2) is 3.43. The lowest BCUT2D eigenvalue weighted by Gasteiger charge is -2.08. The number of rotatable bonds is 2. The van der Waals surface area contributed by atoms with Gasteiger partial charge in [0.2, 0.25) is 0 Å². The Morgan fingerprint density at radius 2 is 2.11 bits per heavy atom. The molecule has 1 fully saturated rings.